The normalized spacial score (nSPS) is 10.5. The van der Waals surface area contributed by atoms with Crippen molar-refractivity contribution in [1.29, 1.82) is 0 Å². The number of rotatable bonds is 5. The second-order valence-electron chi connectivity index (χ2n) is 4.56. The molecule has 0 radical (unpaired) electrons. The first-order valence-corrected chi connectivity index (χ1v) is 7.01. The molecule has 0 aliphatic rings. The SMILES string of the molecule is COc1ccc(NC(=O)/C([O-])=C/C(=O)c2ccc(Cl)cc2)cc1.[Na+]. The maximum atomic E-state index is 11.9. The molecule has 5 nitrogen and oxygen atoms in total. The van der Waals surface area contributed by atoms with Crippen LogP contribution in [-0.2, 0) is 4.79 Å². The van der Waals surface area contributed by atoms with E-state index in [2.05, 4.69) is 5.32 Å². The second kappa shape index (κ2) is 9.49. The van der Waals surface area contributed by atoms with Gasteiger partial charge < -0.3 is 15.2 Å². The van der Waals surface area contributed by atoms with Gasteiger partial charge >= 0.3 is 29.6 Å². The summed E-state index contributed by atoms with van der Waals surface area (Å²) >= 11 is 5.72. The summed E-state index contributed by atoms with van der Waals surface area (Å²) in [5.41, 5.74) is 0.705. The van der Waals surface area contributed by atoms with Gasteiger partial charge in [-0.15, -0.1) is 0 Å². The number of amides is 1. The van der Waals surface area contributed by atoms with Crippen LogP contribution in [0, 0.1) is 0 Å². The van der Waals surface area contributed by atoms with Gasteiger partial charge in [-0.1, -0.05) is 11.6 Å². The van der Waals surface area contributed by atoms with E-state index in [1.54, 1.807) is 24.3 Å². The zero-order valence-corrected chi connectivity index (χ0v) is 16.0. The Hall–Kier alpha value is -1.79. The average Bonchev–Trinajstić information content (AvgIpc) is 2.56. The second-order valence-corrected chi connectivity index (χ2v) is 5.00. The molecular weight excluding hydrogens is 341 g/mol. The van der Waals surface area contributed by atoms with Crippen molar-refractivity contribution in [3.8, 4) is 5.75 Å². The van der Waals surface area contributed by atoms with Crippen molar-refractivity contribution in [2.45, 2.75) is 0 Å². The third-order valence-electron chi connectivity index (χ3n) is 2.96. The van der Waals surface area contributed by atoms with Gasteiger partial charge in [0.1, 0.15) is 5.75 Å². The van der Waals surface area contributed by atoms with Gasteiger partial charge in [-0.2, -0.15) is 0 Å². The molecule has 0 atom stereocenters. The quantitative estimate of drug-likeness (QED) is 0.337. The molecular formula is C17H13ClNNaO4. The molecule has 0 bridgehead atoms. The molecule has 7 heteroatoms. The van der Waals surface area contributed by atoms with E-state index in [1.807, 2.05) is 0 Å². The van der Waals surface area contributed by atoms with Gasteiger partial charge in [-0.05, 0) is 60.4 Å². The van der Waals surface area contributed by atoms with E-state index in [9.17, 15) is 14.7 Å². The van der Waals surface area contributed by atoms with Crippen LogP contribution in [0.3, 0.4) is 0 Å². The Balaban J connectivity index is 0.00000288. The van der Waals surface area contributed by atoms with E-state index < -0.39 is 17.4 Å². The molecule has 0 saturated carbocycles. The Morgan fingerprint density at radius 2 is 1.67 bits per heavy atom. The number of ketones is 1. The fraction of sp³-hybridized carbons (Fsp3) is 0.0588. The number of benzene rings is 2. The van der Waals surface area contributed by atoms with Crippen LogP contribution in [0.25, 0.3) is 0 Å². The van der Waals surface area contributed by atoms with E-state index in [0.29, 0.717) is 16.5 Å². The number of ether oxygens (including phenoxy) is 1. The van der Waals surface area contributed by atoms with Gasteiger partial charge in [-0.3, -0.25) is 9.59 Å². The number of methoxy groups -OCH3 is 1. The third-order valence-corrected chi connectivity index (χ3v) is 3.21. The van der Waals surface area contributed by atoms with Crippen molar-refractivity contribution in [2.75, 3.05) is 12.4 Å². The van der Waals surface area contributed by atoms with Crippen LogP contribution < -0.4 is 44.7 Å². The van der Waals surface area contributed by atoms with Gasteiger partial charge in [-0.25, -0.2) is 0 Å². The van der Waals surface area contributed by atoms with Crippen molar-refractivity contribution in [2.24, 2.45) is 0 Å². The fourth-order valence-electron chi connectivity index (χ4n) is 1.75. The Bertz CT molecular complexity index is 742. The number of halogens is 1. The van der Waals surface area contributed by atoms with E-state index >= 15 is 0 Å². The number of carbonyl (C=O) groups is 2. The molecule has 0 heterocycles. The molecule has 1 amide bonds. The zero-order chi connectivity index (χ0) is 16.8. The van der Waals surface area contributed by atoms with Crippen molar-refractivity contribution < 1.29 is 49.0 Å². The van der Waals surface area contributed by atoms with Gasteiger partial charge in [0, 0.05) is 16.3 Å². The molecule has 0 fully saturated rings. The third kappa shape index (κ3) is 5.69. The summed E-state index contributed by atoms with van der Waals surface area (Å²) in [4.78, 5) is 23.7. The molecule has 118 valence electrons. The largest absolute Gasteiger partial charge is 1.00 e. The van der Waals surface area contributed by atoms with Crippen molar-refractivity contribution >= 4 is 29.0 Å². The predicted molar refractivity (Wildman–Crippen MR) is 85.5 cm³/mol. The number of hydrogen-bond donors (Lipinski definition) is 1. The van der Waals surface area contributed by atoms with Crippen LogP contribution in [0.15, 0.2) is 60.4 Å². The molecule has 2 aromatic rings. The summed E-state index contributed by atoms with van der Waals surface area (Å²) < 4.78 is 4.99. The first kappa shape index (κ1) is 20.3. The summed E-state index contributed by atoms with van der Waals surface area (Å²) in [6, 6.07) is 12.5. The number of carbonyl (C=O) groups excluding carboxylic acids is 2. The van der Waals surface area contributed by atoms with E-state index in [4.69, 9.17) is 16.3 Å². The number of nitrogens with one attached hydrogen (secondary N) is 1. The zero-order valence-electron chi connectivity index (χ0n) is 13.2. The fourth-order valence-corrected chi connectivity index (χ4v) is 1.88. The number of hydrogen-bond acceptors (Lipinski definition) is 4. The number of allylic oxidation sites excluding steroid dienone is 1. The standard InChI is InChI=1S/C17H14ClNO4.Na/c1-23-14-8-6-13(7-9-14)19-17(22)16(21)10-15(20)11-2-4-12(18)5-3-11;/h2-10,21H,1H3,(H,19,22);/q;+1/p-1/b16-10-;. The average molecular weight is 354 g/mol. The minimum absolute atomic E-state index is 0. The minimum atomic E-state index is -0.930. The van der Waals surface area contributed by atoms with Crippen LogP contribution in [0.5, 0.6) is 5.75 Å². The van der Waals surface area contributed by atoms with Gasteiger partial charge in [0.25, 0.3) is 0 Å². The van der Waals surface area contributed by atoms with Crippen LogP contribution in [0.4, 0.5) is 5.69 Å². The summed E-state index contributed by atoms with van der Waals surface area (Å²) in [6.45, 7) is 0. The molecule has 0 unspecified atom stereocenters. The first-order valence-electron chi connectivity index (χ1n) is 6.63. The van der Waals surface area contributed by atoms with Crippen molar-refractivity contribution in [3.63, 3.8) is 0 Å². The molecule has 0 spiro atoms. The molecule has 0 aliphatic carbocycles. The predicted octanol–water partition coefficient (Wildman–Crippen LogP) is -0.582. The van der Waals surface area contributed by atoms with E-state index in [-0.39, 0.29) is 35.1 Å². The summed E-state index contributed by atoms with van der Waals surface area (Å²) in [7, 11) is 1.52. The Morgan fingerprint density at radius 1 is 1.08 bits per heavy atom. The van der Waals surface area contributed by atoms with E-state index in [0.717, 1.165) is 6.08 Å². The van der Waals surface area contributed by atoms with Crippen LogP contribution in [0.1, 0.15) is 10.4 Å². The van der Waals surface area contributed by atoms with Crippen LogP contribution >= 0.6 is 11.6 Å². The molecule has 2 aromatic carbocycles. The topological polar surface area (TPSA) is 78.5 Å². The van der Waals surface area contributed by atoms with Crippen molar-refractivity contribution in [1.82, 2.24) is 0 Å². The molecule has 0 saturated heterocycles. The molecule has 2 rings (SSSR count). The summed E-state index contributed by atoms with van der Waals surface area (Å²) in [5.74, 6) is -1.76. The van der Waals surface area contributed by atoms with Gasteiger partial charge in [0.2, 0.25) is 5.91 Å². The van der Waals surface area contributed by atoms with Gasteiger partial charge in [0.15, 0.2) is 5.78 Å². The Morgan fingerprint density at radius 3 is 2.21 bits per heavy atom. The summed E-state index contributed by atoms with van der Waals surface area (Å²) in [6.07, 6.45) is 0.752. The maximum Gasteiger partial charge on any atom is 1.00 e. The van der Waals surface area contributed by atoms with Gasteiger partial charge in [0.05, 0.1) is 7.11 Å². The molecule has 0 aromatic heterocycles. The first-order chi connectivity index (χ1) is 11.0. The van der Waals surface area contributed by atoms with Crippen LogP contribution in [0.2, 0.25) is 5.02 Å². The molecule has 1 N–H and O–H groups in total. The minimum Gasteiger partial charge on any atom is -0.869 e. The Kier molecular flexibility index (Phi) is 8.01. The monoisotopic (exact) mass is 353 g/mol. The molecule has 0 aliphatic heterocycles. The van der Waals surface area contributed by atoms with Crippen molar-refractivity contribution in [3.05, 3.63) is 71.0 Å². The summed E-state index contributed by atoms with van der Waals surface area (Å²) in [5, 5.41) is 14.7. The maximum absolute atomic E-state index is 11.9. The van der Waals surface area contributed by atoms with E-state index in [1.165, 1.54) is 31.4 Å². The smallest absolute Gasteiger partial charge is 0.869 e. The number of anilines is 1. The van der Waals surface area contributed by atoms with Crippen LogP contribution in [-0.4, -0.2) is 18.8 Å². The Labute approximate surface area is 166 Å². The molecule has 24 heavy (non-hydrogen) atoms.